The Labute approximate surface area is 153 Å². The van der Waals surface area contributed by atoms with E-state index >= 15 is 0 Å². The zero-order valence-corrected chi connectivity index (χ0v) is 15.4. The number of aromatic nitrogens is 3. The van der Waals surface area contributed by atoms with Crippen LogP contribution in [0.1, 0.15) is 17.8 Å². The third-order valence-electron chi connectivity index (χ3n) is 3.62. The van der Waals surface area contributed by atoms with Gasteiger partial charge in [0, 0.05) is 17.5 Å². The molecule has 0 saturated carbocycles. The number of carbonyl (C=O) groups is 1. The zero-order valence-electron chi connectivity index (χ0n) is 13.8. The molecule has 1 aromatic carbocycles. The second kappa shape index (κ2) is 7.79. The van der Waals surface area contributed by atoms with Crippen LogP contribution < -0.4 is 5.32 Å². The second-order valence-corrected chi connectivity index (χ2v) is 7.39. The van der Waals surface area contributed by atoms with Gasteiger partial charge in [-0.2, -0.15) is 0 Å². The molecular weight excluding hydrogens is 359 g/mol. The summed E-state index contributed by atoms with van der Waals surface area (Å²) in [7, 11) is 1.83. The van der Waals surface area contributed by atoms with Crippen molar-refractivity contribution in [1.29, 1.82) is 0 Å². The Kier molecular flexibility index (Phi) is 5.50. The Morgan fingerprint density at radius 2 is 2.08 bits per heavy atom. The van der Waals surface area contributed by atoms with E-state index in [1.54, 1.807) is 28.0 Å². The van der Waals surface area contributed by atoms with Crippen LogP contribution in [-0.2, 0) is 11.8 Å². The number of carbonyl (C=O) groups excluding carboxylic acids is 1. The van der Waals surface area contributed by atoms with Crippen LogP contribution in [0.5, 0.6) is 0 Å². The Balaban J connectivity index is 1.60. The van der Waals surface area contributed by atoms with Gasteiger partial charge in [0.1, 0.15) is 5.82 Å². The largest absolute Gasteiger partial charge is 0.348 e. The van der Waals surface area contributed by atoms with Crippen LogP contribution in [0, 0.1) is 5.82 Å². The third-order valence-corrected chi connectivity index (χ3v) is 5.69. The third kappa shape index (κ3) is 4.26. The quantitative estimate of drug-likeness (QED) is 0.667. The molecule has 8 heteroatoms. The minimum atomic E-state index is -0.294. The van der Waals surface area contributed by atoms with Crippen molar-refractivity contribution in [2.24, 2.45) is 7.05 Å². The van der Waals surface area contributed by atoms with Crippen molar-refractivity contribution in [2.45, 2.75) is 18.1 Å². The molecule has 0 aliphatic rings. The van der Waals surface area contributed by atoms with Gasteiger partial charge in [-0.1, -0.05) is 17.8 Å². The molecule has 5 nitrogen and oxygen atoms in total. The van der Waals surface area contributed by atoms with E-state index in [2.05, 4.69) is 15.5 Å². The molecule has 1 N–H and O–H groups in total. The van der Waals surface area contributed by atoms with Crippen molar-refractivity contribution >= 4 is 29.0 Å². The smallest absolute Gasteiger partial charge is 0.230 e. The molecule has 3 rings (SSSR count). The van der Waals surface area contributed by atoms with E-state index in [0.717, 1.165) is 10.4 Å². The second-order valence-electron chi connectivity index (χ2n) is 5.47. The Hall–Kier alpha value is -2.19. The van der Waals surface area contributed by atoms with Crippen molar-refractivity contribution in [3.8, 4) is 11.4 Å². The average molecular weight is 376 g/mol. The first kappa shape index (κ1) is 17.6. The zero-order chi connectivity index (χ0) is 17.8. The summed E-state index contributed by atoms with van der Waals surface area (Å²) in [6.45, 7) is 1.96. The lowest BCUT2D eigenvalue weighted by molar-refractivity contribution is -0.119. The summed E-state index contributed by atoms with van der Waals surface area (Å²) in [4.78, 5) is 13.2. The number of amides is 1. The predicted octanol–water partition coefficient (Wildman–Crippen LogP) is 3.65. The number of thioether (sulfide) groups is 1. The van der Waals surface area contributed by atoms with E-state index in [1.165, 1.54) is 23.9 Å². The number of benzene rings is 1. The van der Waals surface area contributed by atoms with E-state index in [9.17, 15) is 9.18 Å². The van der Waals surface area contributed by atoms with Crippen LogP contribution in [0.25, 0.3) is 11.4 Å². The number of hydrogen-bond acceptors (Lipinski definition) is 5. The number of halogens is 1. The number of rotatable bonds is 6. The molecule has 130 valence electrons. The normalized spacial score (nSPS) is 12.1. The molecule has 1 amide bonds. The molecule has 3 aromatic rings. The Bertz CT molecular complexity index is 846. The molecule has 2 aromatic heterocycles. The van der Waals surface area contributed by atoms with Crippen LogP contribution in [0.15, 0.2) is 46.9 Å². The first-order valence-corrected chi connectivity index (χ1v) is 9.52. The predicted molar refractivity (Wildman–Crippen MR) is 98.0 cm³/mol. The van der Waals surface area contributed by atoms with Gasteiger partial charge in [-0.3, -0.25) is 4.79 Å². The fourth-order valence-corrected chi connectivity index (χ4v) is 3.77. The lowest BCUT2D eigenvalue weighted by Gasteiger charge is -2.11. The van der Waals surface area contributed by atoms with Crippen molar-refractivity contribution in [3.63, 3.8) is 0 Å². The van der Waals surface area contributed by atoms with Crippen LogP contribution >= 0.6 is 23.1 Å². The van der Waals surface area contributed by atoms with Crippen molar-refractivity contribution < 1.29 is 9.18 Å². The van der Waals surface area contributed by atoms with Gasteiger partial charge in [0.2, 0.25) is 5.91 Å². The molecule has 0 aliphatic carbocycles. The molecule has 0 bridgehead atoms. The lowest BCUT2D eigenvalue weighted by atomic mass is 10.2. The number of nitrogens with zero attached hydrogens (tertiary/aromatic N) is 3. The Morgan fingerprint density at radius 3 is 2.76 bits per heavy atom. The lowest BCUT2D eigenvalue weighted by Crippen LogP contribution is -2.27. The van der Waals surface area contributed by atoms with Crippen LogP contribution in [-0.4, -0.2) is 26.4 Å². The minimum absolute atomic E-state index is 0.0117. The first-order chi connectivity index (χ1) is 12.0. The Morgan fingerprint density at radius 1 is 1.32 bits per heavy atom. The molecule has 2 heterocycles. The van der Waals surface area contributed by atoms with Gasteiger partial charge in [0.15, 0.2) is 11.0 Å². The van der Waals surface area contributed by atoms with Gasteiger partial charge < -0.3 is 9.88 Å². The maximum absolute atomic E-state index is 13.0. The van der Waals surface area contributed by atoms with Crippen LogP contribution in [0.3, 0.4) is 0 Å². The number of hydrogen-bond donors (Lipinski definition) is 1. The standard InChI is InChI=1S/C17H17FN4OS2/c1-11(14-4-3-9-24-14)19-15(23)10-25-17-21-20-16(22(17)2)12-5-7-13(18)8-6-12/h3-9,11H,10H2,1-2H3,(H,19,23)/t11-/m0/s1. The maximum atomic E-state index is 13.0. The summed E-state index contributed by atoms with van der Waals surface area (Å²) in [5.74, 6) is 0.537. The highest BCUT2D eigenvalue weighted by Gasteiger charge is 2.15. The number of nitrogens with one attached hydrogen (secondary N) is 1. The highest BCUT2D eigenvalue weighted by Crippen LogP contribution is 2.23. The molecule has 0 saturated heterocycles. The summed E-state index contributed by atoms with van der Waals surface area (Å²) < 4.78 is 14.8. The molecular formula is C17H17FN4OS2. The number of thiophene rings is 1. The SMILES string of the molecule is C[C@H](NC(=O)CSc1nnc(-c2ccc(F)cc2)n1C)c1cccs1. The average Bonchev–Trinajstić information content (AvgIpc) is 3.24. The molecule has 25 heavy (non-hydrogen) atoms. The minimum Gasteiger partial charge on any atom is -0.348 e. The summed E-state index contributed by atoms with van der Waals surface area (Å²) in [6, 6.07) is 10.0. The van der Waals surface area contributed by atoms with Gasteiger partial charge in [-0.25, -0.2) is 4.39 Å². The van der Waals surface area contributed by atoms with Gasteiger partial charge in [0.05, 0.1) is 11.8 Å². The van der Waals surface area contributed by atoms with Crippen molar-refractivity contribution in [1.82, 2.24) is 20.1 Å². The summed E-state index contributed by atoms with van der Waals surface area (Å²) >= 11 is 2.94. The van der Waals surface area contributed by atoms with Crippen LogP contribution in [0.4, 0.5) is 4.39 Å². The molecule has 0 radical (unpaired) electrons. The van der Waals surface area contributed by atoms with Crippen molar-refractivity contribution in [3.05, 3.63) is 52.5 Å². The summed E-state index contributed by atoms with van der Waals surface area (Å²) in [6.07, 6.45) is 0. The van der Waals surface area contributed by atoms with Gasteiger partial charge in [-0.15, -0.1) is 21.5 Å². The summed E-state index contributed by atoms with van der Waals surface area (Å²) in [5, 5.41) is 13.8. The van der Waals surface area contributed by atoms with E-state index in [-0.39, 0.29) is 23.5 Å². The van der Waals surface area contributed by atoms with Gasteiger partial charge >= 0.3 is 0 Å². The highest BCUT2D eigenvalue weighted by molar-refractivity contribution is 7.99. The van der Waals surface area contributed by atoms with E-state index in [0.29, 0.717) is 11.0 Å². The molecule has 1 atom stereocenters. The molecule has 0 unspecified atom stereocenters. The fourth-order valence-electron chi connectivity index (χ4n) is 2.31. The first-order valence-electron chi connectivity index (χ1n) is 7.65. The maximum Gasteiger partial charge on any atom is 0.230 e. The van der Waals surface area contributed by atoms with Gasteiger partial charge in [0.25, 0.3) is 0 Å². The van der Waals surface area contributed by atoms with E-state index in [4.69, 9.17) is 0 Å². The molecule has 0 spiro atoms. The fraction of sp³-hybridized carbons (Fsp3) is 0.235. The van der Waals surface area contributed by atoms with Gasteiger partial charge in [-0.05, 0) is 42.6 Å². The van der Waals surface area contributed by atoms with Crippen LogP contribution in [0.2, 0.25) is 0 Å². The topological polar surface area (TPSA) is 59.8 Å². The molecule has 0 aliphatic heterocycles. The summed E-state index contributed by atoms with van der Waals surface area (Å²) in [5.41, 5.74) is 0.777. The van der Waals surface area contributed by atoms with E-state index < -0.39 is 0 Å². The van der Waals surface area contributed by atoms with Crippen molar-refractivity contribution in [2.75, 3.05) is 5.75 Å². The highest BCUT2D eigenvalue weighted by atomic mass is 32.2. The van der Waals surface area contributed by atoms with E-state index in [1.807, 2.05) is 31.5 Å². The molecule has 0 fully saturated rings. The monoisotopic (exact) mass is 376 g/mol.